The van der Waals surface area contributed by atoms with Gasteiger partial charge in [0.25, 0.3) is 23.6 Å². The minimum absolute atomic E-state index is 0.306. The summed E-state index contributed by atoms with van der Waals surface area (Å²) in [7, 11) is 3.82. The Morgan fingerprint density at radius 2 is 1.00 bits per heavy atom. The van der Waals surface area contributed by atoms with Crippen LogP contribution in [0.1, 0.15) is 52.6 Å². The molecule has 0 radical (unpaired) electrons. The summed E-state index contributed by atoms with van der Waals surface area (Å²) < 4.78 is 0. The smallest absolute Gasteiger partial charge is 0.323 e. The lowest BCUT2D eigenvalue weighted by Gasteiger charge is -2.29. The average Bonchev–Trinajstić information content (AvgIpc) is 3.11. The molecule has 6 amide bonds. The lowest BCUT2D eigenvalue weighted by molar-refractivity contribution is 0.0877. The number of benzene rings is 6. The van der Waals surface area contributed by atoms with E-state index in [9.17, 15) is 24.0 Å². The molecular weight excluding hydrogens is 642 g/mol. The quantitative estimate of drug-likeness (QED) is 0.180. The van der Waals surface area contributed by atoms with Gasteiger partial charge >= 0.3 is 6.03 Å². The fourth-order valence-corrected chi connectivity index (χ4v) is 7.01. The first-order valence-corrected chi connectivity index (χ1v) is 16.3. The zero-order chi connectivity index (χ0) is 35.7. The van der Waals surface area contributed by atoms with E-state index in [1.54, 1.807) is 92.7 Å². The SMILES string of the molecule is Cc1ccc(N2C(=O)c3cccc4cccc(c34)C2=O)cc1NC(=O)Nc1cc(N2C(=O)c3cccc4c(N(C)C)ccc(c34)C2=O)ccc1C. The van der Waals surface area contributed by atoms with Crippen LogP contribution >= 0.6 is 0 Å². The third kappa shape index (κ3) is 4.91. The van der Waals surface area contributed by atoms with Gasteiger partial charge in [0.15, 0.2) is 0 Å². The van der Waals surface area contributed by atoms with E-state index in [4.69, 9.17) is 0 Å². The fraction of sp³-hybridized carbons (Fsp3) is 0.0976. The normalized spacial score (nSPS) is 13.6. The van der Waals surface area contributed by atoms with Gasteiger partial charge in [-0.05, 0) is 85.0 Å². The second kappa shape index (κ2) is 11.7. The number of amides is 6. The number of rotatable bonds is 5. The summed E-state index contributed by atoms with van der Waals surface area (Å²) in [5.74, 6) is -1.81. The van der Waals surface area contributed by atoms with E-state index >= 15 is 0 Å². The number of nitrogens with one attached hydrogen (secondary N) is 2. The number of urea groups is 1. The van der Waals surface area contributed by atoms with Crippen LogP contribution in [-0.4, -0.2) is 43.8 Å². The van der Waals surface area contributed by atoms with Gasteiger partial charge in [0, 0.05) is 69.6 Å². The molecule has 2 aliphatic heterocycles. The first kappa shape index (κ1) is 31.5. The zero-order valence-corrected chi connectivity index (χ0v) is 28.2. The van der Waals surface area contributed by atoms with Crippen LogP contribution in [0.25, 0.3) is 21.5 Å². The molecule has 0 spiro atoms. The van der Waals surface area contributed by atoms with Crippen molar-refractivity contribution in [3.05, 3.63) is 137 Å². The van der Waals surface area contributed by atoms with Crippen molar-refractivity contribution < 1.29 is 24.0 Å². The molecule has 0 fully saturated rings. The van der Waals surface area contributed by atoms with Gasteiger partial charge < -0.3 is 15.5 Å². The zero-order valence-electron chi connectivity index (χ0n) is 28.2. The van der Waals surface area contributed by atoms with Crippen LogP contribution in [0.4, 0.5) is 33.2 Å². The molecule has 0 aromatic heterocycles. The second-order valence-corrected chi connectivity index (χ2v) is 12.9. The number of hydrogen-bond donors (Lipinski definition) is 2. The van der Waals surface area contributed by atoms with E-state index < -0.39 is 29.7 Å². The standard InChI is InChI=1S/C41H31N5O5/c1-22-14-16-25(45-37(47)28-11-5-8-24-9-6-12-29(35(24)28)38(45)48)20-32(22)42-41(51)43-33-21-26(17-15-23(33)2)46-39(49)30-13-7-10-27-34(44(3)4)19-18-31(36(27)30)40(46)50/h5-21H,1-4H3,(H2,42,43,51). The molecule has 2 heterocycles. The van der Waals surface area contributed by atoms with Crippen LogP contribution in [0.3, 0.4) is 0 Å². The number of imide groups is 2. The van der Waals surface area contributed by atoms with E-state index in [1.165, 1.54) is 0 Å². The van der Waals surface area contributed by atoms with Crippen molar-refractivity contribution in [2.45, 2.75) is 13.8 Å². The molecular formula is C41H31N5O5. The molecule has 10 nitrogen and oxygen atoms in total. The highest BCUT2D eigenvalue weighted by Gasteiger charge is 2.36. The number of anilines is 5. The Kier molecular flexibility index (Phi) is 7.19. The molecule has 0 bridgehead atoms. The topological polar surface area (TPSA) is 119 Å². The molecule has 6 aromatic rings. The van der Waals surface area contributed by atoms with E-state index in [-0.39, 0.29) is 0 Å². The number of carbonyl (C=O) groups is 5. The minimum atomic E-state index is -0.593. The Morgan fingerprint density at radius 1 is 0.549 bits per heavy atom. The molecule has 0 unspecified atom stereocenters. The predicted molar refractivity (Wildman–Crippen MR) is 200 cm³/mol. The molecule has 0 saturated carbocycles. The molecule has 2 aliphatic rings. The highest BCUT2D eigenvalue weighted by molar-refractivity contribution is 6.37. The van der Waals surface area contributed by atoms with Crippen LogP contribution < -0.4 is 25.3 Å². The van der Waals surface area contributed by atoms with Crippen LogP contribution in [0.15, 0.2) is 103 Å². The van der Waals surface area contributed by atoms with Crippen molar-refractivity contribution in [1.82, 2.24) is 0 Å². The first-order chi connectivity index (χ1) is 24.5. The van der Waals surface area contributed by atoms with Gasteiger partial charge in [0.1, 0.15) is 0 Å². The summed E-state index contributed by atoms with van der Waals surface area (Å²) >= 11 is 0. The van der Waals surface area contributed by atoms with Gasteiger partial charge in [-0.3, -0.25) is 19.2 Å². The van der Waals surface area contributed by atoms with Crippen LogP contribution in [-0.2, 0) is 0 Å². The molecule has 0 aliphatic carbocycles. The van der Waals surface area contributed by atoms with Gasteiger partial charge in [-0.25, -0.2) is 14.6 Å². The number of aryl methyl sites for hydroxylation is 2. The highest BCUT2D eigenvalue weighted by atomic mass is 16.2. The van der Waals surface area contributed by atoms with Gasteiger partial charge in [0.05, 0.1) is 11.4 Å². The molecule has 0 atom stereocenters. The summed E-state index contributed by atoms with van der Waals surface area (Å²) in [4.78, 5) is 72.7. The van der Waals surface area contributed by atoms with Crippen LogP contribution in [0.2, 0.25) is 0 Å². The maximum Gasteiger partial charge on any atom is 0.323 e. The Labute approximate surface area is 292 Å². The third-order valence-corrected chi connectivity index (χ3v) is 9.59. The molecule has 2 N–H and O–H groups in total. The molecule has 250 valence electrons. The number of carbonyl (C=O) groups excluding carboxylic acids is 5. The predicted octanol–water partition coefficient (Wildman–Crippen LogP) is 7.92. The summed E-state index contributed by atoms with van der Waals surface area (Å²) in [6.45, 7) is 3.60. The maximum absolute atomic E-state index is 13.9. The Balaban J connectivity index is 1.06. The molecule has 10 heteroatoms. The molecule has 0 saturated heterocycles. The van der Waals surface area contributed by atoms with Gasteiger partial charge in [-0.1, -0.05) is 48.5 Å². The van der Waals surface area contributed by atoms with E-state index in [0.29, 0.717) is 66.9 Å². The van der Waals surface area contributed by atoms with E-state index in [1.807, 2.05) is 43.3 Å². The highest BCUT2D eigenvalue weighted by Crippen LogP contribution is 2.38. The van der Waals surface area contributed by atoms with Crippen molar-refractivity contribution in [3.8, 4) is 0 Å². The van der Waals surface area contributed by atoms with Crippen molar-refractivity contribution in [2.24, 2.45) is 0 Å². The monoisotopic (exact) mass is 673 g/mol. The van der Waals surface area contributed by atoms with Gasteiger partial charge in [0.2, 0.25) is 0 Å². The van der Waals surface area contributed by atoms with Crippen molar-refractivity contribution in [3.63, 3.8) is 0 Å². The van der Waals surface area contributed by atoms with Crippen LogP contribution in [0, 0.1) is 13.8 Å². The summed E-state index contributed by atoms with van der Waals surface area (Å²) in [6.07, 6.45) is 0. The summed E-state index contributed by atoms with van der Waals surface area (Å²) in [6, 6.07) is 29.1. The Morgan fingerprint density at radius 3 is 1.49 bits per heavy atom. The third-order valence-electron chi connectivity index (χ3n) is 9.59. The Bertz CT molecular complexity index is 2480. The Hall–Kier alpha value is -6.81. The summed E-state index contributed by atoms with van der Waals surface area (Å²) in [5.41, 5.74) is 5.38. The molecule has 8 rings (SSSR count). The van der Waals surface area contributed by atoms with Crippen molar-refractivity contribution in [2.75, 3.05) is 39.4 Å². The first-order valence-electron chi connectivity index (χ1n) is 16.3. The maximum atomic E-state index is 13.9. The van der Waals surface area contributed by atoms with Crippen molar-refractivity contribution in [1.29, 1.82) is 0 Å². The van der Waals surface area contributed by atoms with Gasteiger partial charge in [-0.15, -0.1) is 0 Å². The van der Waals surface area contributed by atoms with E-state index in [2.05, 4.69) is 10.6 Å². The molecule has 51 heavy (non-hydrogen) atoms. The largest absolute Gasteiger partial charge is 0.377 e. The number of hydrogen-bond acceptors (Lipinski definition) is 6. The minimum Gasteiger partial charge on any atom is -0.377 e. The second-order valence-electron chi connectivity index (χ2n) is 12.9. The van der Waals surface area contributed by atoms with Crippen molar-refractivity contribution >= 4 is 79.6 Å². The summed E-state index contributed by atoms with van der Waals surface area (Å²) in [5, 5.41) is 8.55. The van der Waals surface area contributed by atoms with Crippen LogP contribution in [0.5, 0.6) is 0 Å². The number of nitrogens with zero attached hydrogens (tertiary/aromatic N) is 3. The van der Waals surface area contributed by atoms with Gasteiger partial charge in [-0.2, -0.15) is 0 Å². The fourth-order valence-electron chi connectivity index (χ4n) is 7.01. The lowest BCUT2D eigenvalue weighted by Crippen LogP contribution is -2.40. The molecule has 6 aromatic carbocycles. The average molecular weight is 674 g/mol. The lowest BCUT2D eigenvalue weighted by atomic mass is 9.92. The van der Waals surface area contributed by atoms with E-state index in [0.717, 1.165) is 26.3 Å².